The van der Waals surface area contributed by atoms with Crippen LogP contribution in [0.3, 0.4) is 0 Å². The minimum Gasteiger partial charge on any atom is -0.457 e. The molecular formula is C62H114O12S. The van der Waals surface area contributed by atoms with Gasteiger partial charge in [-0.1, -0.05) is 268 Å². The first kappa shape index (κ1) is 71.1. The Hall–Kier alpha value is -1.94. The van der Waals surface area contributed by atoms with Crippen LogP contribution in [0.2, 0.25) is 0 Å². The standard InChI is InChI=1S/C62H114O12S/c1-3-5-7-9-11-13-15-17-19-21-23-25-27-28-29-31-33-35-37-39-41-43-45-47-49-51-58(64)72-56(55-71-62-60(66)61(74-75(67,68)69)59(65)57(53-63)73-62)54-70-52-50-48-46-44-42-40-38-36-34-32-30-26-24-22-20-18-16-14-12-10-8-6-4-2/h5,7,11,13,17,19,23,25,56-57,59-63,65-66H,3-4,6,8-10,12,14-16,18,20-22,24,26-55H2,1-2H3,(H,67,68,69)/b7-5-,13-11-,19-17-,25-23-. The molecular weight excluding hydrogens is 969 g/mol. The summed E-state index contributed by atoms with van der Waals surface area (Å²) in [6, 6.07) is 0. The Balaban J connectivity index is 2.25. The normalized spacial score (nSPS) is 18.9. The van der Waals surface area contributed by atoms with E-state index < -0.39 is 59.8 Å². The highest BCUT2D eigenvalue weighted by Gasteiger charge is 2.48. The van der Waals surface area contributed by atoms with E-state index in [4.69, 9.17) is 18.9 Å². The van der Waals surface area contributed by atoms with Crippen LogP contribution in [-0.4, -0.2) is 97.5 Å². The Morgan fingerprint density at radius 2 is 0.920 bits per heavy atom. The highest BCUT2D eigenvalue weighted by atomic mass is 32.3. The van der Waals surface area contributed by atoms with Crippen molar-refractivity contribution in [3.05, 3.63) is 48.6 Å². The van der Waals surface area contributed by atoms with E-state index in [2.05, 4.69) is 66.6 Å². The number of aliphatic hydroxyl groups is 3. The Bertz CT molecular complexity index is 1480. The maximum absolute atomic E-state index is 13.0. The van der Waals surface area contributed by atoms with Gasteiger partial charge in [0.15, 0.2) is 6.29 Å². The fraction of sp³-hybridized carbons (Fsp3) is 0.855. The van der Waals surface area contributed by atoms with Crippen molar-refractivity contribution in [2.75, 3.05) is 26.4 Å². The number of carbonyl (C=O) groups excluding carboxylic acids is 1. The molecule has 0 radical (unpaired) electrons. The summed E-state index contributed by atoms with van der Waals surface area (Å²) >= 11 is 0. The zero-order valence-corrected chi connectivity index (χ0v) is 48.7. The number of ether oxygens (including phenoxy) is 4. The lowest BCUT2D eigenvalue weighted by molar-refractivity contribution is -0.301. The topological polar surface area (TPSA) is 178 Å². The van der Waals surface area contributed by atoms with Gasteiger partial charge in [-0.15, -0.1) is 0 Å². The molecule has 0 aromatic heterocycles. The van der Waals surface area contributed by atoms with Gasteiger partial charge in [0, 0.05) is 13.0 Å². The van der Waals surface area contributed by atoms with Crippen LogP contribution < -0.4 is 0 Å². The molecule has 12 nitrogen and oxygen atoms in total. The van der Waals surface area contributed by atoms with Crippen molar-refractivity contribution in [1.29, 1.82) is 0 Å². The lowest BCUT2D eigenvalue weighted by atomic mass is 9.99. The summed E-state index contributed by atoms with van der Waals surface area (Å²) in [4.78, 5) is 13.0. The number of aliphatic hydroxyl groups excluding tert-OH is 3. The molecule has 0 aromatic carbocycles. The predicted molar refractivity (Wildman–Crippen MR) is 308 cm³/mol. The molecule has 0 spiro atoms. The maximum atomic E-state index is 13.0. The van der Waals surface area contributed by atoms with Crippen molar-refractivity contribution >= 4 is 16.4 Å². The van der Waals surface area contributed by atoms with Crippen LogP contribution in [0.25, 0.3) is 0 Å². The SMILES string of the molecule is CC/C=C\C/C=C\C/C=C\C/C=C\CCCCCCCCCCCCCCC(=O)OC(COCCCCCCCCCCCCCCCCCCCCCCCCC)COC1OC(CO)C(O)C(OS(=O)(=O)O)C1O. The molecule has 0 bridgehead atoms. The number of carbonyl (C=O) groups is 1. The molecule has 6 atom stereocenters. The predicted octanol–water partition coefficient (Wildman–Crippen LogP) is 15.8. The smallest absolute Gasteiger partial charge is 0.397 e. The molecule has 0 saturated carbocycles. The summed E-state index contributed by atoms with van der Waals surface area (Å²) in [5.41, 5.74) is 0. The van der Waals surface area contributed by atoms with Crippen molar-refractivity contribution in [2.24, 2.45) is 0 Å². The Labute approximate surface area is 459 Å². The first-order valence-corrected chi connectivity index (χ1v) is 32.3. The van der Waals surface area contributed by atoms with Crippen molar-refractivity contribution < 1.29 is 56.2 Å². The number of rotatable bonds is 55. The molecule has 1 aliphatic rings. The highest BCUT2D eigenvalue weighted by Crippen LogP contribution is 2.26. The van der Waals surface area contributed by atoms with E-state index >= 15 is 0 Å². The van der Waals surface area contributed by atoms with E-state index in [1.54, 1.807) is 0 Å². The first-order chi connectivity index (χ1) is 36.6. The third-order valence-electron chi connectivity index (χ3n) is 14.2. The minimum atomic E-state index is -5.07. The van der Waals surface area contributed by atoms with Crippen LogP contribution in [0, 0.1) is 0 Å². The third-order valence-corrected chi connectivity index (χ3v) is 14.7. The Kier molecular flexibility index (Phi) is 50.0. The van der Waals surface area contributed by atoms with E-state index in [0.29, 0.717) is 13.0 Å². The molecule has 0 amide bonds. The van der Waals surface area contributed by atoms with E-state index in [9.17, 15) is 33.1 Å². The average Bonchev–Trinajstić information content (AvgIpc) is 3.39. The molecule has 1 aliphatic heterocycles. The van der Waals surface area contributed by atoms with Gasteiger partial charge in [0.2, 0.25) is 0 Å². The number of allylic oxidation sites excluding steroid dienone is 8. The van der Waals surface area contributed by atoms with Gasteiger partial charge in [-0.2, -0.15) is 8.42 Å². The molecule has 1 fully saturated rings. The molecule has 1 heterocycles. The van der Waals surface area contributed by atoms with Crippen molar-refractivity contribution in [1.82, 2.24) is 0 Å². The van der Waals surface area contributed by atoms with E-state index in [1.807, 2.05) is 0 Å². The highest BCUT2D eigenvalue weighted by molar-refractivity contribution is 7.80. The van der Waals surface area contributed by atoms with Crippen LogP contribution in [0.5, 0.6) is 0 Å². The van der Waals surface area contributed by atoms with E-state index in [1.165, 1.54) is 186 Å². The number of esters is 1. The molecule has 4 N–H and O–H groups in total. The summed E-state index contributed by atoms with van der Waals surface area (Å²) in [7, 11) is -5.07. The zero-order chi connectivity index (χ0) is 54.6. The lowest BCUT2D eigenvalue weighted by Gasteiger charge is -2.41. The van der Waals surface area contributed by atoms with Gasteiger partial charge in [0.05, 0.1) is 19.8 Å². The second kappa shape index (κ2) is 52.7. The van der Waals surface area contributed by atoms with Crippen LogP contribution in [0.4, 0.5) is 0 Å². The maximum Gasteiger partial charge on any atom is 0.397 e. The molecule has 0 aromatic rings. The Morgan fingerprint density at radius 3 is 1.35 bits per heavy atom. The van der Waals surface area contributed by atoms with E-state index in [0.717, 1.165) is 64.2 Å². The Morgan fingerprint density at radius 1 is 0.520 bits per heavy atom. The summed E-state index contributed by atoms with van der Waals surface area (Å²) in [5.74, 6) is -0.397. The van der Waals surface area contributed by atoms with Gasteiger partial charge in [-0.3, -0.25) is 9.35 Å². The number of unbranched alkanes of at least 4 members (excludes halogenated alkanes) is 34. The van der Waals surface area contributed by atoms with Crippen molar-refractivity contribution in [3.8, 4) is 0 Å². The molecule has 440 valence electrons. The van der Waals surface area contributed by atoms with Gasteiger partial charge in [-0.25, -0.2) is 4.18 Å². The largest absolute Gasteiger partial charge is 0.457 e. The lowest BCUT2D eigenvalue weighted by Crippen LogP contribution is -2.60. The minimum absolute atomic E-state index is 0.0386. The van der Waals surface area contributed by atoms with Gasteiger partial charge >= 0.3 is 16.4 Å². The second-order valence-corrected chi connectivity index (χ2v) is 22.3. The molecule has 75 heavy (non-hydrogen) atoms. The summed E-state index contributed by atoms with van der Waals surface area (Å²) < 4.78 is 59.5. The van der Waals surface area contributed by atoms with Crippen LogP contribution in [0.1, 0.15) is 277 Å². The van der Waals surface area contributed by atoms with Crippen molar-refractivity contribution in [3.63, 3.8) is 0 Å². The van der Waals surface area contributed by atoms with E-state index in [-0.39, 0.29) is 19.6 Å². The molecule has 13 heteroatoms. The van der Waals surface area contributed by atoms with Crippen molar-refractivity contribution in [2.45, 2.75) is 314 Å². The van der Waals surface area contributed by atoms with Crippen LogP contribution in [0.15, 0.2) is 48.6 Å². The fourth-order valence-electron chi connectivity index (χ4n) is 9.61. The fourth-order valence-corrected chi connectivity index (χ4v) is 10.1. The summed E-state index contributed by atoms with van der Waals surface area (Å²) in [6.45, 7) is 3.94. The molecule has 1 rings (SSSR count). The summed E-state index contributed by atoms with van der Waals surface area (Å²) in [5, 5.41) is 30.9. The molecule has 1 saturated heterocycles. The third kappa shape index (κ3) is 45.6. The van der Waals surface area contributed by atoms with Crippen LogP contribution >= 0.6 is 0 Å². The van der Waals surface area contributed by atoms with Crippen LogP contribution in [-0.2, 0) is 38.3 Å². The summed E-state index contributed by atoms with van der Waals surface area (Å²) in [6.07, 6.45) is 58.7. The first-order valence-electron chi connectivity index (χ1n) is 30.9. The monoisotopic (exact) mass is 1080 g/mol. The number of hydrogen-bond acceptors (Lipinski definition) is 11. The van der Waals surface area contributed by atoms with Gasteiger partial charge < -0.3 is 34.3 Å². The molecule has 0 aliphatic carbocycles. The van der Waals surface area contributed by atoms with Gasteiger partial charge in [0.1, 0.15) is 30.5 Å². The quantitative estimate of drug-likeness (QED) is 0.0196. The zero-order valence-electron chi connectivity index (χ0n) is 47.9. The average molecular weight is 1080 g/mol. The molecule has 6 unspecified atom stereocenters. The van der Waals surface area contributed by atoms with Gasteiger partial charge in [0.25, 0.3) is 0 Å². The van der Waals surface area contributed by atoms with Gasteiger partial charge in [-0.05, 0) is 51.4 Å². The number of hydrogen-bond donors (Lipinski definition) is 4. The second-order valence-electron chi connectivity index (χ2n) is 21.3.